The molecule has 2 heterocycles. The lowest BCUT2D eigenvalue weighted by Gasteiger charge is -2.16. The van der Waals surface area contributed by atoms with Gasteiger partial charge in [0.1, 0.15) is 12.3 Å². The first kappa shape index (κ1) is 20.7. The van der Waals surface area contributed by atoms with Crippen molar-refractivity contribution in [3.8, 4) is 0 Å². The predicted molar refractivity (Wildman–Crippen MR) is 105 cm³/mol. The molecular formula is C16H28IN5O2. The molecule has 1 aliphatic heterocycles. The van der Waals surface area contributed by atoms with Crippen molar-refractivity contribution >= 4 is 35.8 Å². The molecule has 24 heavy (non-hydrogen) atoms. The molecule has 1 amide bonds. The highest BCUT2D eigenvalue weighted by Gasteiger charge is 2.18. The topological polar surface area (TPSA) is 82.8 Å². The molecule has 1 saturated heterocycles. The number of nitrogens with one attached hydrogen (secondary N) is 2. The number of rotatable bonds is 7. The Balaban J connectivity index is 0.00000288. The molecule has 0 radical (unpaired) electrons. The molecule has 1 aromatic rings. The fourth-order valence-corrected chi connectivity index (χ4v) is 2.51. The Kier molecular flexibility index (Phi) is 9.09. The van der Waals surface area contributed by atoms with E-state index >= 15 is 0 Å². The summed E-state index contributed by atoms with van der Waals surface area (Å²) in [5.74, 6) is 2.48. The largest absolute Gasteiger partial charge is 0.444 e. The van der Waals surface area contributed by atoms with Gasteiger partial charge in [0, 0.05) is 32.6 Å². The lowest BCUT2D eigenvalue weighted by Crippen LogP contribution is -2.39. The van der Waals surface area contributed by atoms with E-state index in [-0.39, 0.29) is 29.9 Å². The van der Waals surface area contributed by atoms with Gasteiger partial charge in [-0.1, -0.05) is 0 Å². The Labute approximate surface area is 160 Å². The van der Waals surface area contributed by atoms with E-state index in [9.17, 15) is 4.79 Å². The van der Waals surface area contributed by atoms with Crippen LogP contribution in [0.2, 0.25) is 0 Å². The zero-order valence-electron chi connectivity index (χ0n) is 14.7. The van der Waals surface area contributed by atoms with E-state index in [2.05, 4.69) is 20.6 Å². The van der Waals surface area contributed by atoms with Gasteiger partial charge < -0.3 is 20.0 Å². The highest BCUT2D eigenvalue weighted by atomic mass is 127. The first-order chi connectivity index (χ1) is 11.1. The maximum Gasteiger partial charge on any atom is 0.222 e. The summed E-state index contributed by atoms with van der Waals surface area (Å²) in [6.45, 7) is 9.54. The van der Waals surface area contributed by atoms with Crippen LogP contribution in [0, 0.1) is 13.8 Å². The molecular weight excluding hydrogens is 421 g/mol. The number of amides is 1. The summed E-state index contributed by atoms with van der Waals surface area (Å²) >= 11 is 0. The van der Waals surface area contributed by atoms with Gasteiger partial charge in [-0.3, -0.25) is 4.79 Å². The maximum absolute atomic E-state index is 11.5. The first-order valence-corrected chi connectivity index (χ1v) is 8.33. The summed E-state index contributed by atoms with van der Waals surface area (Å²) in [5, 5.41) is 6.48. The molecule has 0 atom stereocenters. The van der Waals surface area contributed by atoms with Gasteiger partial charge in [-0.25, -0.2) is 9.98 Å². The molecule has 0 bridgehead atoms. The maximum atomic E-state index is 11.5. The van der Waals surface area contributed by atoms with E-state index in [1.54, 1.807) is 0 Å². The number of guanidine groups is 1. The smallest absolute Gasteiger partial charge is 0.222 e. The average Bonchev–Trinajstić information content (AvgIpc) is 3.07. The number of halogens is 1. The molecule has 2 rings (SSSR count). The Morgan fingerprint density at radius 2 is 2.17 bits per heavy atom. The van der Waals surface area contributed by atoms with Gasteiger partial charge in [0.2, 0.25) is 11.8 Å². The van der Waals surface area contributed by atoms with Crippen LogP contribution in [0.4, 0.5) is 0 Å². The van der Waals surface area contributed by atoms with Crippen LogP contribution in [-0.4, -0.2) is 47.9 Å². The number of aromatic nitrogens is 1. The summed E-state index contributed by atoms with van der Waals surface area (Å²) < 4.78 is 5.53. The number of oxazole rings is 1. The zero-order valence-corrected chi connectivity index (χ0v) is 17.1. The highest BCUT2D eigenvalue weighted by molar-refractivity contribution is 14.0. The van der Waals surface area contributed by atoms with Crippen LogP contribution in [0.15, 0.2) is 9.41 Å². The molecule has 1 aromatic heterocycles. The van der Waals surface area contributed by atoms with Crippen LogP contribution in [0.1, 0.15) is 43.5 Å². The third-order valence-corrected chi connectivity index (χ3v) is 3.86. The van der Waals surface area contributed by atoms with Crippen LogP contribution in [0.25, 0.3) is 0 Å². The molecule has 0 saturated carbocycles. The van der Waals surface area contributed by atoms with Gasteiger partial charge in [0.25, 0.3) is 0 Å². The average molecular weight is 449 g/mol. The van der Waals surface area contributed by atoms with Gasteiger partial charge in [0.05, 0.1) is 5.69 Å². The molecule has 1 fully saturated rings. The number of hydrogen-bond donors (Lipinski definition) is 2. The van der Waals surface area contributed by atoms with Gasteiger partial charge >= 0.3 is 0 Å². The SMILES string of the molecule is CCNC(=NCc1nc(C)c(C)o1)NCCCN1CCCC1=O.I. The van der Waals surface area contributed by atoms with E-state index in [4.69, 9.17) is 4.42 Å². The van der Waals surface area contributed by atoms with E-state index < -0.39 is 0 Å². The molecule has 0 spiro atoms. The number of aryl methyl sites for hydroxylation is 2. The van der Waals surface area contributed by atoms with Gasteiger partial charge in [0.15, 0.2) is 5.96 Å². The number of nitrogens with zero attached hydrogens (tertiary/aromatic N) is 3. The third-order valence-electron chi connectivity index (χ3n) is 3.86. The van der Waals surface area contributed by atoms with Crippen molar-refractivity contribution in [2.24, 2.45) is 4.99 Å². The van der Waals surface area contributed by atoms with Crippen LogP contribution in [0.5, 0.6) is 0 Å². The molecule has 0 aliphatic carbocycles. The number of hydrogen-bond acceptors (Lipinski definition) is 4. The lowest BCUT2D eigenvalue weighted by atomic mass is 10.4. The number of carbonyl (C=O) groups is 1. The summed E-state index contributed by atoms with van der Waals surface area (Å²) in [5.41, 5.74) is 0.906. The monoisotopic (exact) mass is 449 g/mol. The Morgan fingerprint density at radius 1 is 1.38 bits per heavy atom. The minimum atomic E-state index is 0. The Morgan fingerprint density at radius 3 is 2.75 bits per heavy atom. The summed E-state index contributed by atoms with van der Waals surface area (Å²) in [6, 6.07) is 0. The van der Waals surface area contributed by atoms with Crippen molar-refractivity contribution in [3.63, 3.8) is 0 Å². The molecule has 0 aromatic carbocycles. The van der Waals surface area contributed by atoms with Crippen molar-refractivity contribution in [2.45, 2.75) is 46.6 Å². The van der Waals surface area contributed by atoms with E-state index in [1.165, 1.54) is 0 Å². The van der Waals surface area contributed by atoms with Crippen LogP contribution in [-0.2, 0) is 11.3 Å². The van der Waals surface area contributed by atoms with Crippen LogP contribution >= 0.6 is 24.0 Å². The zero-order chi connectivity index (χ0) is 16.7. The van der Waals surface area contributed by atoms with Crippen molar-refractivity contribution in [3.05, 3.63) is 17.3 Å². The first-order valence-electron chi connectivity index (χ1n) is 8.33. The Hall–Kier alpha value is -1.32. The standard InChI is InChI=1S/C16H27N5O2.HI/c1-4-17-16(19-11-14-20-12(2)13(3)23-14)18-8-6-10-21-9-5-7-15(21)22;/h4-11H2,1-3H3,(H2,17,18,19);1H. The molecule has 2 N–H and O–H groups in total. The molecule has 7 nitrogen and oxygen atoms in total. The van der Waals surface area contributed by atoms with Gasteiger partial charge in [-0.15, -0.1) is 24.0 Å². The lowest BCUT2D eigenvalue weighted by molar-refractivity contribution is -0.127. The van der Waals surface area contributed by atoms with Crippen molar-refractivity contribution < 1.29 is 9.21 Å². The van der Waals surface area contributed by atoms with E-state index in [0.717, 1.165) is 56.4 Å². The van der Waals surface area contributed by atoms with E-state index in [1.807, 2.05) is 25.7 Å². The molecule has 8 heteroatoms. The van der Waals surface area contributed by atoms with Gasteiger partial charge in [-0.2, -0.15) is 0 Å². The number of likely N-dealkylation sites (tertiary alicyclic amines) is 1. The summed E-state index contributed by atoms with van der Waals surface area (Å²) in [7, 11) is 0. The quantitative estimate of drug-likeness (QED) is 0.288. The molecule has 0 unspecified atom stereocenters. The van der Waals surface area contributed by atoms with Crippen molar-refractivity contribution in [2.75, 3.05) is 26.2 Å². The molecule has 136 valence electrons. The van der Waals surface area contributed by atoms with Crippen LogP contribution < -0.4 is 10.6 Å². The predicted octanol–water partition coefficient (Wildman–Crippen LogP) is 1.98. The van der Waals surface area contributed by atoms with Crippen molar-refractivity contribution in [1.82, 2.24) is 20.5 Å². The second kappa shape index (κ2) is 10.5. The number of aliphatic imine (C=N–C) groups is 1. The second-order valence-electron chi connectivity index (χ2n) is 5.71. The van der Waals surface area contributed by atoms with Gasteiger partial charge in [-0.05, 0) is 33.6 Å². The second-order valence-corrected chi connectivity index (χ2v) is 5.71. The third kappa shape index (κ3) is 6.29. The highest BCUT2D eigenvalue weighted by Crippen LogP contribution is 2.10. The summed E-state index contributed by atoms with van der Waals surface area (Å²) in [6.07, 6.45) is 2.60. The van der Waals surface area contributed by atoms with Crippen LogP contribution in [0.3, 0.4) is 0 Å². The fourth-order valence-electron chi connectivity index (χ4n) is 2.51. The Bertz CT molecular complexity index is 539. The minimum Gasteiger partial charge on any atom is -0.444 e. The van der Waals surface area contributed by atoms with E-state index in [0.29, 0.717) is 18.9 Å². The fraction of sp³-hybridized carbons (Fsp3) is 0.688. The molecule has 1 aliphatic rings. The van der Waals surface area contributed by atoms with Crippen molar-refractivity contribution in [1.29, 1.82) is 0 Å². The number of carbonyl (C=O) groups excluding carboxylic acids is 1. The normalized spacial score (nSPS) is 14.7. The summed E-state index contributed by atoms with van der Waals surface area (Å²) in [4.78, 5) is 22.3. The minimum absolute atomic E-state index is 0.